The lowest BCUT2D eigenvalue weighted by Gasteiger charge is -2.44. The molecule has 3 heterocycles. The highest BCUT2D eigenvalue weighted by atomic mass is 35.5. The van der Waals surface area contributed by atoms with Crippen LogP contribution in [0.2, 0.25) is 5.02 Å². The maximum absolute atomic E-state index is 12.8. The van der Waals surface area contributed by atoms with Crippen molar-refractivity contribution in [2.24, 2.45) is 5.92 Å². The van der Waals surface area contributed by atoms with Gasteiger partial charge in [-0.15, -0.1) is 0 Å². The number of aldehydes is 1. The van der Waals surface area contributed by atoms with Gasteiger partial charge in [-0.05, 0) is 87.9 Å². The van der Waals surface area contributed by atoms with Crippen molar-refractivity contribution in [3.8, 4) is 5.69 Å². The van der Waals surface area contributed by atoms with Crippen LogP contribution in [0.3, 0.4) is 0 Å². The van der Waals surface area contributed by atoms with Gasteiger partial charge < -0.3 is 14.8 Å². The number of hydrogen-bond acceptors (Lipinski definition) is 5. The molecule has 2 aromatic carbocycles. The number of aliphatic hydroxyl groups is 1. The van der Waals surface area contributed by atoms with E-state index in [0.29, 0.717) is 22.4 Å². The van der Waals surface area contributed by atoms with Crippen molar-refractivity contribution in [2.75, 3.05) is 20.2 Å². The van der Waals surface area contributed by atoms with Gasteiger partial charge in [0.25, 0.3) is 5.56 Å². The molecule has 0 spiro atoms. The number of halogens is 1. The van der Waals surface area contributed by atoms with Gasteiger partial charge in [-0.3, -0.25) is 9.36 Å². The minimum atomic E-state index is -0.364. The molecule has 1 N–H and O–H groups in total. The fourth-order valence-electron chi connectivity index (χ4n) is 6.15. The second kappa shape index (κ2) is 9.16. The molecule has 7 heteroatoms. The van der Waals surface area contributed by atoms with E-state index in [2.05, 4.69) is 46.5 Å². The first-order chi connectivity index (χ1) is 16.9. The number of carbonyl (C=O) groups is 1. The molecule has 1 saturated carbocycles. The smallest absolute Gasteiger partial charge is 0.282 e. The Bertz CT molecular complexity index is 1340. The Balaban J connectivity index is 0.00000124. The lowest BCUT2D eigenvalue weighted by Crippen LogP contribution is -2.48. The average Bonchev–Trinajstić information content (AvgIpc) is 3.06. The molecule has 3 aliphatic rings. The SMILES string of the molecule is CC1(C)c2cc(C3CCN(C4CC(C=O)C4)CC3)ccc2-n2c1nc(=O)c1c(Cl)cccc12.CO. The second-order valence-corrected chi connectivity index (χ2v) is 10.9. The summed E-state index contributed by atoms with van der Waals surface area (Å²) in [7, 11) is 1.00. The van der Waals surface area contributed by atoms with Gasteiger partial charge in [-0.25, -0.2) is 0 Å². The summed E-state index contributed by atoms with van der Waals surface area (Å²) in [6.45, 7) is 6.50. The van der Waals surface area contributed by atoms with Crippen LogP contribution in [-0.2, 0) is 10.2 Å². The molecule has 184 valence electrons. The molecule has 6 rings (SSSR count). The van der Waals surface area contributed by atoms with Gasteiger partial charge in [0.1, 0.15) is 12.1 Å². The molecule has 1 aliphatic carbocycles. The topological polar surface area (TPSA) is 75.4 Å². The Morgan fingerprint density at radius 3 is 2.51 bits per heavy atom. The maximum Gasteiger partial charge on any atom is 0.282 e. The van der Waals surface area contributed by atoms with E-state index < -0.39 is 0 Å². The standard InChI is InChI=1S/C27H28ClN3O2.CH4O/c1-27(2)20-14-18(17-8-10-30(11-9-17)19-12-16(13-19)15-32)6-7-22(20)31-23-5-3-4-21(28)24(23)25(33)29-26(27)31;1-2/h3-7,14-17,19H,8-13H2,1-2H3;2H,1H3. The van der Waals surface area contributed by atoms with E-state index in [9.17, 15) is 9.59 Å². The molecule has 0 amide bonds. The summed E-state index contributed by atoms with van der Waals surface area (Å²) in [6, 6.07) is 13.0. The summed E-state index contributed by atoms with van der Waals surface area (Å²) in [5, 5.41) is 7.93. The third kappa shape index (κ3) is 3.83. The predicted octanol–water partition coefficient (Wildman–Crippen LogP) is 4.44. The van der Waals surface area contributed by atoms with Crippen LogP contribution >= 0.6 is 11.6 Å². The summed E-state index contributed by atoms with van der Waals surface area (Å²) < 4.78 is 2.12. The molecule has 3 aromatic rings. The highest BCUT2D eigenvalue weighted by Crippen LogP contribution is 2.45. The van der Waals surface area contributed by atoms with Crippen molar-refractivity contribution in [3.63, 3.8) is 0 Å². The summed E-state index contributed by atoms with van der Waals surface area (Å²) in [5.74, 6) is 1.59. The minimum Gasteiger partial charge on any atom is -0.400 e. The molecule has 2 aliphatic heterocycles. The van der Waals surface area contributed by atoms with Gasteiger partial charge in [-0.1, -0.05) is 29.8 Å². The Morgan fingerprint density at radius 2 is 1.83 bits per heavy atom. The minimum absolute atomic E-state index is 0.261. The molecule has 0 bridgehead atoms. The highest BCUT2D eigenvalue weighted by Gasteiger charge is 2.40. The first-order valence-electron chi connectivity index (χ1n) is 12.4. The van der Waals surface area contributed by atoms with E-state index in [1.165, 1.54) is 11.1 Å². The van der Waals surface area contributed by atoms with E-state index in [1.54, 1.807) is 6.07 Å². The van der Waals surface area contributed by atoms with Crippen molar-refractivity contribution in [2.45, 2.75) is 56.9 Å². The third-order valence-corrected chi connectivity index (χ3v) is 8.53. The lowest BCUT2D eigenvalue weighted by atomic mass is 9.78. The predicted molar refractivity (Wildman–Crippen MR) is 139 cm³/mol. The van der Waals surface area contributed by atoms with E-state index in [0.717, 1.165) is 69.2 Å². The number of carbonyl (C=O) groups excluding carboxylic acids is 1. The second-order valence-electron chi connectivity index (χ2n) is 10.4. The number of piperidine rings is 1. The van der Waals surface area contributed by atoms with Crippen LogP contribution in [0.5, 0.6) is 0 Å². The fraction of sp³-hybridized carbons (Fsp3) is 0.464. The zero-order valence-electron chi connectivity index (χ0n) is 20.5. The first kappa shape index (κ1) is 24.2. The van der Waals surface area contributed by atoms with Crippen LogP contribution in [0.15, 0.2) is 41.2 Å². The molecule has 1 saturated heterocycles. The summed E-state index contributed by atoms with van der Waals surface area (Å²) in [5.41, 5.74) is 3.87. The van der Waals surface area contributed by atoms with E-state index in [-0.39, 0.29) is 16.9 Å². The van der Waals surface area contributed by atoms with Crippen LogP contribution in [-0.4, -0.2) is 52.1 Å². The van der Waals surface area contributed by atoms with Crippen LogP contribution in [0.4, 0.5) is 0 Å². The molecule has 1 aromatic heterocycles. The molecular formula is C28H32ClN3O3. The third-order valence-electron chi connectivity index (χ3n) is 8.22. The van der Waals surface area contributed by atoms with Gasteiger partial charge in [0, 0.05) is 19.1 Å². The van der Waals surface area contributed by atoms with Crippen LogP contribution in [0.25, 0.3) is 16.6 Å². The zero-order valence-corrected chi connectivity index (χ0v) is 21.3. The van der Waals surface area contributed by atoms with Gasteiger partial charge in [-0.2, -0.15) is 4.98 Å². The van der Waals surface area contributed by atoms with Crippen molar-refractivity contribution in [3.05, 3.63) is 68.7 Å². The summed E-state index contributed by atoms with van der Waals surface area (Å²) in [4.78, 5) is 30.9. The maximum atomic E-state index is 12.8. The number of fused-ring (bicyclic) bond motifs is 5. The average molecular weight is 494 g/mol. The van der Waals surface area contributed by atoms with E-state index in [4.69, 9.17) is 16.7 Å². The van der Waals surface area contributed by atoms with Gasteiger partial charge in [0.05, 0.1) is 27.0 Å². The molecule has 2 fully saturated rings. The molecule has 35 heavy (non-hydrogen) atoms. The van der Waals surface area contributed by atoms with Crippen molar-refractivity contribution >= 4 is 28.8 Å². The number of likely N-dealkylation sites (tertiary alicyclic amines) is 1. The van der Waals surface area contributed by atoms with Gasteiger partial charge >= 0.3 is 0 Å². The van der Waals surface area contributed by atoms with Gasteiger partial charge in [0.15, 0.2) is 0 Å². The normalized spacial score (nSPS) is 23.1. The highest BCUT2D eigenvalue weighted by molar-refractivity contribution is 6.35. The Morgan fingerprint density at radius 1 is 1.11 bits per heavy atom. The Hall–Kier alpha value is -2.54. The Kier molecular flexibility index (Phi) is 6.32. The number of benzene rings is 2. The quantitative estimate of drug-likeness (QED) is 0.546. The summed E-state index contributed by atoms with van der Waals surface area (Å²) in [6.07, 6.45) is 5.46. The van der Waals surface area contributed by atoms with Crippen molar-refractivity contribution in [1.82, 2.24) is 14.5 Å². The monoisotopic (exact) mass is 493 g/mol. The van der Waals surface area contributed by atoms with Crippen molar-refractivity contribution < 1.29 is 9.90 Å². The number of hydrogen-bond donors (Lipinski definition) is 1. The lowest BCUT2D eigenvalue weighted by molar-refractivity contribution is -0.115. The van der Waals surface area contributed by atoms with Gasteiger partial charge in [0.2, 0.25) is 0 Å². The molecular weight excluding hydrogens is 462 g/mol. The summed E-state index contributed by atoms with van der Waals surface area (Å²) >= 11 is 6.38. The van der Waals surface area contributed by atoms with E-state index in [1.807, 2.05) is 12.1 Å². The zero-order chi connectivity index (χ0) is 24.9. The largest absolute Gasteiger partial charge is 0.400 e. The van der Waals surface area contributed by atoms with Crippen molar-refractivity contribution in [1.29, 1.82) is 0 Å². The van der Waals surface area contributed by atoms with E-state index >= 15 is 0 Å². The first-order valence-corrected chi connectivity index (χ1v) is 12.8. The molecule has 6 nitrogen and oxygen atoms in total. The number of rotatable bonds is 3. The number of aliphatic hydroxyl groups excluding tert-OH is 1. The molecule has 0 unspecified atom stereocenters. The number of aromatic nitrogens is 2. The molecule has 0 radical (unpaired) electrons. The fourth-order valence-corrected chi connectivity index (χ4v) is 6.40. The molecule has 0 atom stereocenters. The van der Waals surface area contributed by atoms with Crippen LogP contribution < -0.4 is 5.56 Å². The number of nitrogens with zero attached hydrogens (tertiary/aromatic N) is 3. The van der Waals surface area contributed by atoms with Crippen LogP contribution in [0.1, 0.15) is 62.4 Å². The Labute approximate surface area is 210 Å². The van der Waals surface area contributed by atoms with Crippen LogP contribution in [0, 0.1) is 5.92 Å².